The molecule has 0 saturated carbocycles. The maximum atomic E-state index is 11.7. The first kappa shape index (κ1) is 14.0. The molecular weight excluding hydrogens is 260 g/mol. The van der Waals surface area contributed by atoms with Crippen LogP contribution in [0.25, 0.3) is 10.8 Å². The van der Waals surface area contributed by atoms with Gasteiger partial charge in [0, 0.05) is 5.39 Å². The van der Waals surface area contributed by atoms with E-state index in [-0.39, 0.29) is 4.90 Å². The molecule has 0 aliphatic carbocycles. The van der Waals surface area contributed by atoms with Crippen LogP contribution >= 0.6 is 0 Å². The highest BCUT2D eigenvalue weighted by molar-refractivity contribution is 7.86. The third kappa shape index (κ3) is 3.14. The van der Waals surface area contributed by atoms with Gasteiger partial charge in [0.25, 0.3) is 10.1 Å². The highest BCUT2D eigenvalue weighted by atomic mass is 32.2. The van der Waals surface area contributed by atoms with Gasteiger partial charge in [-0.2, -0.15) is 8.42 Å². The van der Waals surface area contributed by atoms with Crippen LogP contribution in [-0.4, -0.2) is 13.0 Å². The molecule has 4 heteroatoms. The zero-order valence-corrected chi connectivity index (χ0v) is 11.8. The highest BCUT2D eigenvalue weighted by Gasteiger charge is 2.18. The molecule has 0 aliphatic rings. The molecule has 2 aromatic rings. The predicted molar refractivity (Wildman–Crippen MR) is 77.0 cm³/mol. The minimum atomic E-state index is -4.20. The minimum Gasteiger partial charge on any atom is -0.282 e. The Morgan fingerprint density at radius 3 is 2.47 bits per heavy atom. The topological polar surface area (TPSA) is 54.4 Å². The quantitative estimate of drug-likeness (QED) is 0.668. The third-order valence-corrected chi connectivity index (χ3v) is 4.27. The number of unbranched alkanes of at least 4 members (excludes halogenated alkanes) is 2. The summed E-state index contributed by atoms with van der Waals surface area (Å²) in [5.41, 5.74) is 0.703. The molecule has 19 heavy (non-hydrogen) atoms. The molecule has 0 spiro atoms. The van der Waals surface area contributed by atoms with E-state index in [0.29, 0.717) is 17.4 Å². The third-order valence-electron chi connectivity index (χ3n) is 3.27. The van der Waals surface area contributed by atoms with E-state index in [2.05, 4.69) is 6.92 Å². The van der Waals surface area contributed by atoms with E-state index in [1.807, 2.05) is 18.2 Å². The molecule has 0 amide bonds. The van der Waals surface area contributed by atoms with Crippen molar-refractivity contribution >= 4 is 20.9 Å². The van der Waals surface area contributed by atoms with Crippen LogP contribution in [0.3, 0.4) is 0 Å². The lowest BCUT2D eigenvalue weighted by atomic mass is 10.0. The highest BCUT2D eigenvalue weighted by Crippen LogP contribution is 2.27. The Morgan fingerprint density at radius 1 is 1.05 bits per heavy atom. The summed E-state index contributed by atoms with van der Waals surface area (Å²) in [6.07, 6.45) is 3.73. The van der Waals surface area contributed by atoms with Crippen molar-refractivity contribution < 1.29 is 13.0 Å². The molecule has 0 bridgehead atoms. The van der Waals surface area contributed by atoms with Gasteiger partial charge in [-0.1, -0.05) is 56.2 Å². The van der Waals surface area contributed by atoms with Gasteiger partial charge in [-0.15, -0.1) is 0 Å². The second-order valence-electron chi connectivity index (χ2n) is 4.71. The second-order valence-corrected chi connectivity index (χ2v) is 6.07. The van der Waals surface area contributed by atoms with Gasteiger partial charge >= 0.3 is 0 Å². The van der Waals surface area contributed by atoms with Crippen LogP contribution in [0, 0.1) is 0 Å². The van der Waals surface area contributed by atoms with Crippen LogP contribution in [0.5, 0.6) is 0 Å². The first-order valence-corrected chi connectivity index (χ1v) is 7.96. The molecular formula is C15H18O3S. The molecule has 2 rings (SSSR count). The summed E-state index contributed by atoms with van der Waals surface area (Å²) in [5.74, 6) is 0. The number of hydrogen-bond acceptors (Lipinski definition) is 2. The van der Waals surface area contributed by atoms with E-state index < -0.39 is 10.1 Å². The summed E-state index contributed by atoms with van der Waals surface area (Å²) in [6, 6.07) is 10.9. The summed E-state index contributed by atoms with van der Waals surface area (Å²) < 4.78 is 32.8. The molecule has 0 fully saturated rings. The molecule has 0 unspecified atom stereocenters. The van der Waals surface area contributed by atoms with Crippen molar-refractivity contribution in [1.29, 1.82) is 0 Å². The van der Waals surface area contributed by atoms with Crippen LogP contribution < -0.4 is 0 Å². The fourth-order valence-electron chi connectivity index (χ4n) is 2.36. The molecule has 0 saturated heterocycles. The summed E-state index contributed by atoms with van der Waals surface area (Å²) in [7, 11) is -4.20. The van der Waals surface area contributed by atoms with Crippen molar-refractivity contribution in [3.8, 4) is 0 Å². The van der Waals surface area contributed by atoms with Gasteiger partial charge in [0.2, 0.25) is 0 Å². The Labute approximate surface area is 114 Å². The molecule has 0 atom stereocenters. The van der Waals surface area contributed by atoms with Crippen molar-refractivity contribution in [2.45, 2.75) is 37.5 Å². The van der Waals surface area contributed by atoms with Gasteiger partial charge < -0.3 is 0 Å². The predicted octanol–water partition coefficient (Wildman–Crippen LogP) is 3.82. The number of hydrogen-bond donors (Lipinski definition) is 1. The molecule has 0 aromatic heterocycles. The number of aryl methyl sites for hydroxylation is 1. The van der Waals surface area contributed by atoms with Crippen LogP contribution in [0.2, 0.25) is 0 Å². The Bertz CT molecular complexity index is 675. The largest absolute Gasteiger partial charge is 0.295 e. The van der Waals surface area contributed by atoms with E-state index in [9.17, 15) is 13.0 Å². The maximum absolute atomic E-state index is 11.7. The van der Waals surface area contributed by atoms with E-state index in [4.69, 9.17) is 0 Å². The lowest BCUT2D eigenvalue weighted by Gasteiger charge is -2.10. The average Bonchev–Trinajstić information content (AvgIpc) is 2.37. The van der Waals surface area contributed by atoms with Crippen molar-refractivity contribution in [2.75, 3.05) is 0 Å². The molecule has 0 aliphatic heterocycles. The monoisotopic (exact) mass is 278 g/mol. The van der Waals surface area contributed by atoms with Crippen molar-refractivity contribution in [3.05, 3.63) is 42.0 Å². The van der Waals surface area contributed by atoms with Crippen LogP contribution in [0.1, 0.15) is 31.7 Å². The average molecular weight is 278 g/mol. The van der Waals surface area contributed by atoms with E-state index in [0.717, 1.165) is 24.6 Å². The van der Waals surface area contributed by atoms with E-state index >= 15 is 0 Å². The van der Waals surface area contributed by atoms with Gasteiger partial charge in [-0.3, -0.25) is 4.55 Å². The fourth-order valence-corrected chi connectivity index (χ4v) is 3.32. The first-order valence-electron chi connectivity index (χ1n) is 6.52. The van der Waals surface area contributed by atoms with Crippen LogP contribution in [0.15, 0.2) is 41.3 Å². The standard InChI is InChI=1S/C15H18O3S/c1-2-3-4-8-13-11-10-12-7-5-6-9-14(12)15(13)19(16,17)18/h5-7,9-11H,2-4,8H2,1H3,(H,16,17,18). The fraction of sp³-hybridized carbons (Fsp3) is 0.333. The minimum absolute atomic E-state index is 0.0710. The number of rotatable bonds is 5. The molecule has 0 heterocycles. The Morgan fingerprint density at radius 2 is 1.79 bits per heavy atom. The maximum Gasteiger partial charge on any atom is 0.295 e. The SMILES string of the molecule is CCCCCc1ccc2ccccc2c1S(=O)(=O)O. The lowest BCUT2D eigenvalue weighted by molar-refractivity contribution is 0.483. The van der Waals surface area contributed by atoms with Crippen molar-refractivity contribution in [1.82, 2.24) is 0 Å². The van der Waals surface area contributed by atoms with E-state index in [1.165, 1.54) is 0 Å². The smallest absolute Gasteiger partial charge is 0.282 e. The molecule has 1 N–H and O–H groups in total. The summed E-state index contributed by atoms with van der Waals surface area (Å²) in [5, 5.41) is 1.42. The van der Waals surface area contributed by atoms with Crippen molar-refractivity contribution in [3.63, 3.8) is 0 Å². The normalized spacial score (nSPS) is 11.9. The number of benzene rings is 2. The Balaban J connectivity index is 2.57. The second kappa shape index (κ2) is 5.72. The molecule has 0 radical (unpaired) electrons. The molecule has 2 aromatic carbocycles. The summed E-state index contributed by atoms with van der Waals surface area (Å²) >= 11 is 0. The van der Waals surface area contributed by atoms with Crippen LogP contribution in [-0.2, 0) is 16.5 Å². The Kier molecular flexibility index (Phi) is 4.22. The van der Waals surface area contributed by atoms with Gasteiger partial charge in [-0.25, -0.2) is 0 Å². The zero-order valence-electron chi connectivity index (χ0n) is 11.0. The van der Waals surface area contributed by atoms with Gasteiger partial charge in [0.1, 0.15) is 4.90 Å². The van der Waals surface area contributed by atoms with Gasteiger partial charge in [0.05, 0.1) is 0 Å². The van der Waals surface area contributed by atoms with E-state index in [1.54, 1.807) is 18.2 Å². The zero-order chi connectivity index (χ0) is 13.9. The summed E-state index contributed by atoms with van der Waals surface area (Å²) in [4.78, 5) is 0.0710. The number of fused-ring (bicyclic) bond motifs is 1. The van der Waals surface area contributed by atoms with Gasteiger partial charge in [-0.05, 0) is 23.8 Å². The van der Waals surface area contributed by atoms with Crippen LogP contribution in [0.4, 0.5) is 0 Å². The molecule has 3 nitrogen and oxygen atoms in total. The Hall–Kier alpha value is -1.39. The van der Waals surface area contributed by atoms with Gasteiger partial charge in [0.15, 0.2) is 0 Å². The molecule has 102 valence electrons. The van der Waals surface area contributed by atoms with Crippen molar-refractivity contribution in [2.24, 2.45) is 0 Å². The lowest BCUT2D eigenvalue weighted by Crippen LogP contribution is -2.04. The first-order chi connectivity index (χ1) is 9.04. The summed E-state index contributed by atoms with van der Waals surface area (Å²) in [6.45, 7) is 2.10.